The fourth-order valence-electron chi connectivity index (χ4n) is 1.36. The molecule has 2 N–H and O–H groups in total. The smallest absolute Gasteiger partial charge is 0.177 e. The molecule has 17 heavy (non-hydrogen) atoms. The summed E-state index contributed by atoms with van der Waals surface area (Å²) in [6.45, 7) is 0.693. The highest BCUT2D eigenvalue weighted by Crippen LogP contribution is 2.30. The van der Waals surface area contributed by atoms with Gasteiger partial charge in [-0.05, 0) is 18.6 Å². The molecule has 1 aromatic carbocycles. The maximum Gasteiger partial charge on any atom is 0.177 e. The van der Waals surface area contributed by atoms with Crippen molar-refractivity contribution in [3.8, 4) is 0 Å². The lowest BCUT2D eigenvalue weighted by Gasteiger charge is -2.09. The number of hydrogen-bond donors (Lipinski definition) is 1. The number of anilines is 1. The van der Waals surface area contributed by atoms with Gasteiger partial charge in [-0.1, -0.05) is 6.07 Å². The third-order valence-electron chi connectivity index (χ3n) is 2.18. The Labute approximate surface area is 106 Å². The van der Waals surface area contributed by atoms with E-state index < -0.39 is 9.84 Å². The summed E-state index contributed by atoms with van der Waals surface area (Å²) < 4.78 is 27.9. The normalized spacial score (nSPS) is 11.6. The lowest BCUT2D eigenvalue weighted by Crippen LogP contribution is -2.03. The molecule has 0 fully saturated rings. The minimum Gasteiger partial charge on any atom is -0.397 e. The first kappa shape index (κ1) is 14.3. The van der Waals surface area contributed by atoms with Gasteiger partial charge >= 0.3 is 0 Å². The summed E-state index contributed by atoms with van der Waals surface area (Å²) in [7, 11) is -1.60. The number of hydrogen-bond acceptors (Lipinski definition) is 5. The van der Waals surface area contributed by atoms with Crippen LogP contribution in [0.4, 0.5) is 5.69 Å². The van der Waals surface area contributed by atoms with Crippen LogP contribution in [0.1, 0.15) is 6.42 Å². The monoisotopic (exact) mass is 275 g/mol. The molecule has 0 amide bonds. The van der Waals surface area contributed by atoms with E-state index in [-0.39, 0.29) is 4.90 Å². The van der Waals surface area contributed by atoms with E-state index >= 15 is 0 Å². The fourth-order valence-corrected chi connectivity index (χ4v) is 3.18. The molecule has 6 heteroatoms. The SMILES string of the molecule is COCCCSc1cccc(S(C)(=O)=O)c1N. The molecule has 96 valence electrons. The van der Waals surface area contributed by atoms with Crippen LogP contribution in [0.5, 0.6) is 0 Å². The van der Waals surface area contributed by atoms with Gasteiger partial charge in [0.1, 0.15) is 0 Å². The molecule has 0 spiro atoms. The Morgan fingerprint density at radius 2 is 2.12 bits per heavy atom. The molecule has 1 aromatic rings. The summed E-state index contributed by atoms with van der Waals surface area (Å²) in [5.74, 6) is 0.852. The molecule has 0 aliphatic heterocycles. The second-order valence-electron chi connectivity index (χ2n) is 3.63. The molecule has 0 aliphatic rings. The molecule has 4 nitrogen and oxygen atoms in total. The van der Waals surface area contributed by atoms with Crippen molar-refractivity contribution in [1.29, 1.82) is 0 Å². The molecule has 0 aromatic heterocycles. The van der Waals surface area contributed by atoms with Gasteiger partial charge in [0.2, 0.25) is 0 Å². The number of benzene rings is 1. The molecule has 0 atom stereocenters. The number of ether oxygens (including phenoxy) is 1. The lowest BCUT2D eigenvalue weighted by molar-refractivity contribution is 0.200. The summed E-state index contributed by atoms with van der Waals surface area (Å²) in [5, 5.41) is 0. The average molecular weight is 275 g/mol. The number of nitrogens with two attached hydrogens (primary N) is 1. The number of thioether (sulfide) groups is 1. The zero-order valence-electron chi connectivity index (χ0n) is 9.97. The van der Waals surface area contributed by atoms with Gasteiger partial charge < -0.3 is 10.5 Å². The van der Waals surface area contributed by atoms with Crippen LogP contribution < -0.4 is 5.73 Å². The van der Waals surface area contributed by atoms with E-state index in [0.717, 1.165) is 23.3 Å². The van der Waals surface area contributed by atoms with Crippen LogP contribution in [0.3, 0.4) is 0 Å². The number of para-hydroxylation sites is 1. The molecule has 0 saturated heterocycles. The zero-order valence-corrected chi connectivity index (χ0v) is 11.6. The van der Waals surface area contributed by atoms with Crippen LogP contribution in [0.25, 0.3) is 0 Å². The quantitative estimate of drug-likeness (QED) is 0.487. The Hall–Kier alpha value is -0.720. The zero-order chi connectivity index (χ0) is 12.9. The first-order valence-corrected chi connectivity index (χ1v) is 8.05. The number of sulfone groups is 1. The Morgan fingerprint density at radius 3 is 2.71 bits per heavy atom. The van der Waals surface area contributed by atoms with E-state index in [9.17, 15) is 8.42 Å². The van der Waals surface area contributed by atoms with Crippen molar-refractivity contribution in [1.82, 2.24) is 0 Å². The predicted octanol–water partition coefficient (Wildman–Crippen LogP) is 1.80. The minimum absolute atomic E-state index is 0.203. The molecular weight excluding hydrogens is 258 g/mol. The van der Waals surface area contributed by atoms with E-state index in [1.807, 2.05) is 6.07 Å². The van der Waals surface area contributed by atoms with Gasteiger partial charge in [0, 0.05) is 30.6 Å². The number of rotatable bonds is 6. The Kier molecular flexibility index (Phi) is 5.30. The first-order chi connectivity index (χ1) is 7.96. The van der Waals surface area contributed by atoms with Gasteiger partial charge in [-0.3, -0.25) is 0 Å². The van der Waals surface area contributed by atoms with Gasteiger partial charge in [0.25, 0.3) is 0 Å². The molecule has 0 heterocycles. The van der Waals surface area contributed by atoms with Crippen molar-refractivity contribution in [2.45, 2.75) is 16.2 Å². The third-order valence-corrected chi connectivity index (χ3v) is 4.49. The molecule has 0 saturated carbocycles. The molecule has 0 radical (unpaired) electrons. The number of nitrogen functional groups attached to an aromatic ring is 1. The Balaban J connectivity index is 2.81. The summed E-state index contributed by atoms with van der Waals surface area (Å²) in [6, 6.07) is 5.08. The maximum absolute atomic E-state index is 11.5. The Morgan fingerprint density at radius 1 is 1.41 bits per heavy atom. The van der Waals surface area contributed by atoms with Gasteiger partial charge in [-0.15, -0.1) is 11.8 Å². The van der Waals surface area contributed by atoms with Gasteiger partial charge in [0.05, 0.1) is 10.6 Å². The maximum atomic E-state index is 11.5. The van der Waals surface area contributed by atoms with Crippen molar-refractivity contribution in [2.75, 3.05) is 31.5 Å². The molecule has 0 bridgehead atoms. The van der Waals surface area contributed by atoms with Crippen LogP contribution in [0.2, 0.25) is 0 Å². The molecule has 1 rings (SSSR count). The predicted molar refractivity (Wildman–Crippen MR) is 71.2 cm³/mol. The van der Waals surface area contributed by atoms with E-state index in [1.54, 1.807) is 24.9 Å². The fraction of sp³-hybridized carbons (Fsp3) is 0.455. The topological polar surface area (TPSA) is 69.4 Å². The summed E-state index contributed by atoms with van der Waals surface area (Å²) in [5.41, 5.74) is 6.20. The molecular formula is C11H17NO3S2. The van der Waals surface area contributed by atoms with Crippen LogP contribution >= 0.6 is 11.8 Å². The average Bonchev–Trinajstić information content (AvgIpc) is 2.25. The second kappa shape index (κ2) is 6.28. The van der Waals surface area contributed by atoms with E-state index in [2.05, 4.69) is 0 Å². The van der Waals surface area contributed by atoms with Crippen molar-refractivity contribution < 1.29 is 13.2 Å². The van der Waals surface area contributed by atoms with Gasteiger partial charge in [-0.25, -0.2) is 8.42 Å². The lowest BCUT2D eigenvalue weighted by atomic mass is 10.3. The molecule has 0 unspecified atom stereocenters. The third kappa shape index (κ3) is 4.22. The van der Waals surface area contributed by atoms with Crippen molar-refractivity contribution in [3.05, 3.63) is 18.2 Å². The van der Waals surface area contributed by atoms with E-state index in [0.29, 0.717) is 12.3 Å². The van der Waals surface area contributed by atoms with Gasteiger partial charge in [-0.2, -0.15) is 0 Å². The second-order valence-corrected chi connectivity index (χ2v) is 6.76. The van der Waals surface area contributed by atoms with E-state index in [1.165, 1.54) is 6.07 Å². The largest absolute Gasteiger partial charge is 0.397 e. The Bertz CT molecular complexity index is 472. The van der Waals surface area contributed by atoms with E-state index in [4.69, 9.17) is 10.5 Å². The van der Waals surface area contributed by atoms with Gasteiger partial charge in [0.15, 0.2) is 9.84 Å². The van der Waals surface area contributed by atoms with Crippen molar-refractivity contribution in [2.24, 2.45) is 0 Å². The van der Waals surface area contributed by atoms with Crippen LogP contribution in [0, 0.1) is 0 Å². The summed E-state index contributed by atoms with van der Waals surface area (Å²) >= 11 is 1.55. The standard InChI is InChI=1S/C11H17NO3S2/c1-15-7-4-8-16-9-5-3-6-10(11(9)12)17(2,13)14/h3,5-6H,4,7-8,12H2,1-2H3. The summed E-state index contributed by atoms with van der Waals surface area (Å²) in [6.07, 6.45) is 2.07. The van der Waals surface area contributed by atoms with Crippen molar-refractivity contribution >= 4 is 27.3 Å². The van der Waals surface area contributed by atoms with Crippen LogP contribution in [-0.2, 0) is 14.6 Å². The van der Waals surface area contributed by atoms with Crippen LogP contribution in [-0.4, -0.2) is 34.1 Å². The minimum atomic E-state index is -3.25. The molecule has 0 aliphatic carbocycles. The highest BCUT2D eigenvalue weighted by molar-refractivity contribution is 7.99. The van der Waals surface area contributed by atoms with Crippen LogP contribution in [0.15, 0.2) is 28.0 Å². The summed E-state index contributed by atoms with van der Waals surface area (Å²) in [4.78, 5) is 1.01. The number of methoxy groups -OCH3 is 1. The first-order valence-electron chi connectivity index (χ1n) is 5.17. The highest BCUT2D eigenvalue weighted by Gasteiger charge is 2.13. The van der Waals surface area contributed by atoms with Crippen molar-refractivity contribution in [3.63, 3.8) is 0 Å². The highest BCUT2D eigenvalue weighted by atomic mass is 32.2.